The summed E-state index contributed by atoms with van der Waals surface area (Å²) in [6.07, 6.45) is -7.51. The molecule has 1 saturated carbocycles. The van der Waals surface area contributed by atoms with E-state index in [1.807, 2.05) is 0 Å². The smallest absolute Gasteiger partial charge is 0.378 e. The summed E-state index contributed by atoms with van der Waals surface area (Å²) < 4.78 is 102. The summed E-state index contributed by atoms with van der Waals surface area (Å²) in [7, 11) is 0. The maximum atomic E-state index is 13.3. The normalized spacial score (nSPS) is 42.0. The molecule has 16 heavy (non-hydrogen) atoms. The Morgan fingerprint density at radius 2 is 1.31 bits per heavy atom. The summed E-state index contributed by atoms with van der Waals surface area (Å²) in [6.45, 7) is 0.192. The number of halogens is 8. The fourth-order valence-electron chi connectivity index (χ4n) is 1.51. The van der Waals surface area contributed by atoms with Crippen molar-refractivity contribution in [2.75, 3.05) is 0 Å². The van der Waals surface area contributed by atoms with Gasteiger partial charge < -0.3 is 5.11 Å². The number of rotatable bonds is 1. The van der Waals surface area contributed by atoms with E-state index in [1.54, 1.807) is 0 Å². The van der Waals surface area contributed by atoms with Crippen molar-refractivity contribution in [3.8, 4) is 0 Å². The summed E-state index contributed by atoms with van der Waals surface area (Å²) in [4.78, 5) is 0. The summed E-state index contributed by atoms with van der Waals surface area (Å²) in [6, 6.07) is 0. The molecule has 0 saturated heterocycles. The van der Waals surface area contributed by atoms with Crippen molar-refractivity contribution in [1.82, 2.24) is 0 Å². The van der Waals surface area contributed by atoms with Gasteiger partial charge in [-0.1, -0.05) is 0 Å². The van der Waals surface area contributed by atoms with E-state index in [4.69, 9.17) is 5.11 Å². The largest absolute Gasteiger partial charge is 0.390 e. The third-order valence-electron chi connectivity index (χ3n) is 2.59. The molecule has 0 aromatic carbocycles. The van der Waals surface area contributed by atoms with Crippen molar-refractivity contribution in [1.29, 1.82) is 0 Å². The number of aliphatic hydroxyl groups excluding tert-OH is 1. The maximum Gasteiger partial charge on any atom is 0.378 e. The molecule has 0 aromatic heterocycles. The van der Waals surface area contributed by atoms with Crippen LogP contribution >= 0.6 is 0 Å². The molecule has 1 aliphatic rings. The maximum absolute atomic E-state index is 13.3. The summed E-state index contributed by atoms with van der Waals surface area (Å²) in [5.74, 6) is -18.1. The van der Waals surface area contributed by atoms with Crippen molar-refractivity contribution in [3.63, 3.8) is 0 Å². The van der Waals surface area contributed by atoms with E-state index >= 15 is 0 Å². The predicted molar refractivity (Wildman–Crippen MR) is 35.3 cm³/mol. The van der Waals surface area contributed by atoms with E-state index in [9.17, 15) is 35.1 Å². The van der Waals surface area contributed by atoms with Gasteiger partial charge in [0.2, 0.25) is 11.8 Å². The second-order valence-corrected chi connectivity index (χ2v) is 3.58. The van der Waals surface area contributed by atoms with Gasteiger partial charge in [0.05, 0.1) is 6.10 Å². The first-order chi connectivity index (χ1) is 6.85. The van der Waals surface area contributed by atoms with Crippen LogP contribution in [-0.2, 0) is 0 Å². The molecule has 0 heterocycles. The highest BCUT2D eigenvalue weighted by molar-refractivity contribution is 5.24. The molecule has 0 aliphatic heterocycles. The standard InChI is InChI=1S/C7H6F8O/c1-2(16)4(9)3(8)5(10,11)7(14,15)6(4,12)13/h2-3,16H,1H3. The lowest BCUT2D eigenvalue weighted by Gasteiger charge is -2.30. The highest BCUT2D eigenvalue weighted by Gasteiger charge is 2.93. The number of hydrogen-bond acceptors (Lipinski definition) is 1. The highest BCUT2D eigenvalue weighted by atomic mass is 19.4. The van der Waals surface area contributed by atoms with Crippen molar-refractivity contribution in [2.24, 2.45) is 0 Å². The van der Waals surface area contributed by atoms with Gasteiger partial charge in [-0.25, -0.2) is 8.78 Å². The molecule has 3 atom stereocenters. The van der Waals surface area contributed by atoms with Crippen molar-refractivity contribution >= 4 is 0 Å². The molecule has 3 unspecified atom stereocenters. The Morgan fingerprint density at radius 1 is 0.938 bits per heavy atom. The highest BCUT2D eigenvalue weighted by Crippen LogP contribution is 2.64. The Labute approximate surface area is 84.0 Å². The zero-order valence-electron chi connectivity index (χ0n) is 7.63. The molecule has 1 rings (SSSR count). The molecule has 96 valence electrons. The topological polar surface area (TPSA) is 20.2 Å². The molecule has 0 aromatic rings. The van der Waals surface area contributed by atoms with Crippen LogP contribution in [0.4, 0.5) is 35.1 Å². The van der Waals surface area contributed by atoms with Gasteiger partial charge in [-0.15, -0.1) is 0 Å². The van der Waals surface area contributed by atoms with Crippen molar-refractivity contribution in [2.45, 2.75) is 42.6 Å². The van der Waals surface area contributed by atoms with Gasteiger partial charge in [0, 0.05) is 0 Å². The number of hydrogen-bond donors (Lipinski definition) is 1. The molecular formula is C7H6F8O. The first-order valence-corrected chi connectivity index (χ1v) is 3.99. The quantitative estimate of drug-likeness (QED) is 0.716. The molecule has 0 amide bonds. The van der Waals surface area contributed by atoms with Crippen LogP contribution in [0.3, 0.4) is 0 Å². The lowest BCUT2D eigenvalue weighted by atomic mass is 9.93. The van der Waals surface area contributed by atoms with E-state index in [1.165, 1.54) is 0 Å². The molecule has 1 nitrogen and oxygen atoms in total. The molecule has 0 spiro atoms. The monoisotopic (exact) mass is 258 g/mol. The molecule has 1 fully saturated rings. The summed E-state index contributed by atoms with van der Waals surface area (Å²) in [5.41, 5.74) is -5.03. The SMILES string of the molecule is CC(O)C1(F)C(F)C(F)(F)C(F)(F)C1(F)F. The van der Waals surface area contributed by atoms with Gasteiger partial charge in [0.15, 0.2) is 0 Å². The van der Waals surface area contributed by atoms with E-state index in [0.717, 1.165) is 0 Å². The lowest BCUT2D eigenvalue weighted by molar-refractivity contribution is -0.294. The molecule has 0 radical (unpaired) electrons. The van der Waals surface area contributed by atoms with E-state index in [-0.39, 0.29) is 6.92 Å². The molecule has 9 heteroatoms. The zero-order chi connectivity index (χ0) is 13.2. The van der Waals surface area contributed by atoms with Gasteiger partial charge in [-0.3, -0.25) is 0 Å². The van der Waals surface area contributed by atoms with Crippen molar-refractivity contribution < 1.29 is 40.2 Å². The minimum Gasteiger partial charge on any atom is -0.390 e. The van der Waals surface area contributed by atoms with Crippen LogP contribution in [0.2, 0.25) is 0 Å². The fraction of sp³-hybridized carbons (Fsp3) is 1.00. The van der Waals surface area contributed by atoms with E-state index < -0.39 is 35.7 Å². The van der Waals surface area contributed by atoms with Gasteiger partial charge >= 0.3 is 17.8 Å². The molecule has 1 N–H and O–H groups in total. The second kappa shape index (κ2) is 2.99. The third-order valence-corrected chi connectivity index (χ3v) is 2.59. The molecule has 0 bridgehead atoms. The van der Waals surface area contributed by atoms with Crippen LogP contribution in [0.1, 0.15) is 6.92 Å². The third kappa shape index (κ3) is 1.05. The predicted octanol–water partition coefficient (Wildman–Crippen LogP) is 2.33. The average molecular weight is 258 g/mol. The number of aliphatic hydroxyl groups is 1. The van der Waals surface area contributed by atoms with E-state index in [0.29, 0.717) is 0 Å². The minimum absolute atomic E-state index is 0.192. The van der Waals surface area contributed by atoms with Crippen LogP contribution in [-0.4, -0.2) is 40.8 Å². The van der Waals surface area contributed by atoms with Crippen LogP contribution in [0, 0.1) is 0 Å². The van der Waals surface area contributed by atoms with Crippen molar-refractivity contribution in [3.05, 3.63) is 0 Å². The van der Waals surface area contributed by atoms with Gasteiger partial charge in [0.1, 0.15) is 0 Å². The number of alkyl halides is 8. The zero-order valence-corrected chi connectivity index (χ0v) is 7.63. The van der Waals surface area contributed by atoms with Crippen LogP contribution in [0.25, 0.3) is 0 Å². The average Bonchev–Trinajstić information content (AvgIpc) is 2.18. The minimum atomic E-state index is -6.20. The lowest BCUT2D eigenvalue weighted by Crippen LogP contribution is -2.57. The second-order valence-electron chi connectivity index (χ2n) is 3.58. The Morgan fingerprint density at radius 3 is 1.44 bits per heavy atom. The van der Waals surface area contributed by atoms with E-state index in [2.05, 4.69) is 0 Å². The van der Waals surface area contributed by atoms with Crippen LogP contribution in [0.5, 0.6) is 0 Å². The Kier molecular flexibility index (Phi) is 2.52. The Bertz CT molecular complexity index is 301. The molecule has 1 aliphatic carbocycles. The van der Waals surface area contributed by atoms with Gasteiger partial charge in [0.25, 0.3) is 0 Å². The first-order valence-electron chi connectivity index (χ1n) is 3.99. The molecular weight excluding hydrogens is 252 g/mol. The van der Waals surface area contributed by atoms with Gasteiger partial charge in [-0.05, 0) is 6.92 Å². The fourth-order valence-corrected chi connectivity index (χ4v) is 1.51. The first kappa shape index (κ1) is 13.5. The summed E-state index contributed by atoms with van der Waals surface area (Å²) in [5, 5.41) is 8.52. The van der Waals surface area contributed by atoms with Crippen LogP contribution < -0.4 is 0 Å². The Balaban J connectivity index is 3.47. The summed E-state index contributed by atoms with van der Waals surface area (Å²) >= 11 is 0. The Hall–Kier alpha value is -0.600. The van der Waals surface area contributed by atoms with Crippen LogP contribution in [0.15, 0.2) is 0 Å². The van der Waals surface area contributed by atoms with Gasteiger partial charge in [-0.2, -0.15) is 26.3 Å².